The number of hydrogen-bond donors (Lipinski definition) is 7. The first-order chi connectivity index (χ1) is 15.6. The Morgan fingerprint density at radius 2 is 1.88 bits per heavy atom. The third-order valence-electron chi connectivity index (χ3n) is 5.23. The van der Waals surface area contributed by atoms with E-state index < -0.39 is 48.4 Å². The number of amides is 3. The monoisotopic (exact) mass is 464 g/mol. The van der Waals surface area contributed by atoms with Crippen LogP contribution in [0.1, 0.15) is 32.3 Å². The van der Waals surface area contributed by atoms with Crippen molar-refractivity contribution in [3.05, 3.63) is 35.9 Å². The Morgan fingerprint density at radius 1 is 1.21 bits per heavy atom. The Bertz CT molecular complexity index is 836. The number of carbonyl (C=O) groups is 3. The molecule has 1 aliphatic heterocycles. The summed E-state index contributed by atoms with van der Waals surface area (Å²) in [7, 11) is 0. The van der Waals surface area contributed by atoms with Crippen molar-refractivity contribution in [2.45, 2.75) is 63.8 Å². The molecule has 1 aliphatic rings. The van der Waals surface area contributed by atoms with Gasteiger partial charge in [-0.1, -0.05) is 30.3 Å². The molecule has 1 saturated heterocycles. The summed E-state index contributed by atoms with van der Waals surface area (Å²) in [5.41, 5.74) is 6.20. The van der Waals surface area contributed by atoms with E-state index in [0.29, 0.717) is 19.4 Å². The van der Waals surface area contributed by atoms with E-state index >= 15 is 0 Å². The molecule has 182 valence electrons. The Morgan fingerprint density at radius 3 is 2.48 bits per heavy atom. The van der Waals surface area contributed by atoms with E-state index in [9.17, 15) is 24.6 Å². The summed E-state index contributed by atoms with van der Waals surface area (Å²) in [6.45, 7) is 3.14. The largest absolute Gasteiger partial charge is 0.445 e. The van der Waals surface area contributed by atoms with Crippen LogP contribution in [0.5, 0.6) is 0 Å². The maximum absolute atomic E-state index is 12.6. The first-order valence-corrected chi connectivity index (χ1v) is 10.6. The van der Waals surface area contributed by atoms with Crippen molar-refractivity contribution in [3.63, 3.8) is 0 Å². The lowest BCUT2D eigenvalue weighted by Gasteiger charge is -2.38. The molecule has 0 bridgehead atoms. The molecular formula is C21H32N6O6. The minimum atomic E-state index is -1.35. The number of piperidine rings is 1. The van der Waals surface area contributed by atoms with Gasteiger partial charge in [0.05, 0.1) is 12.1 Å². The summed E-state index contributed by atoms with van der Waals surface area (Å²) in [5.74, 6) is -1.65. The van der Waals surface area contributed by atoms with Crippen LogP contribution in [0.3, 0.4) is 0 Å². The highest BCUT2D eigenvalue weighted by atomic mass is 16.5. The lowest BCUT2D eigenvalue weighted by Crippen LogP contribution is -2.61. The number of aliphatic hydroxyl groups excluding tert-OH is 2. The second-order valence-electron chi connectivity index (χ2n) is 7.90. The van der Waals surface area contributed by atoms with Crippen molar-refractivity contribution in [2.24, 2.45) is 5.73 Å². The number of alkyl carbamates (subject to hydrolysis) is 1. The standard InChI is InChI=1S/C21H32N6O6/c1-12(17(29)25-15-9-6-10-27(19(15)31)20(22)23)24-18(30)16(13(2)28)26-21(32)33-11-14-7-4-3-5-8-14/h3-5,7-8,12-13,15-16,19,28,31H,6,9-11H2,1-2H3,(H3,22,23)(H,24,30)(H,25,29)(H,26,32)/t12-,13-,15-,16+,19?/m0/s1. The highest BCUT2D eigenvalue weighted by Gasteiger charge is 2.34. The topological polar surface area (TPSA) is 190 Å². The molecule has 2 rings (SSSR count). The normalized spacial score (nSPS) is 20.7. The van der Waals surface area contributed by atoms with Crippen LogP contribution in [0.2, 0.25) is 0 Å². The molecule has 1 aromatic carbocycles. The Labute approximate surface area is 192 Å². The second kappa shape index (κ2) is 12.0. The molecule has 8 N–H and O–H groups in total. The van der Waals surface area contributed by atoms with Crippen molar-refractivity contribution >= 4 is 23.9 Å². The zero-order valence-corrected chi connectivity index (χ0v) is 18.7. The molecule has 0 saturated carbocycles. The molecular weight excluding hydrogens is 432 g/mol. The number of benzene rings is 1. The number of rotatable bonds is 8. The lowest BCUT2D eigenvalue weighted by molar-refractivity contribution is -0.132. The van der Waals surface area contributed by atoms with Crippen molar-refractivity contribution in [1.82, 2.24) is 20.9 Å². The summed E-state index contributed by atoms with van der Waals surface area (Å²) < 4.78 is 5.07. The molecule has 1 aromatic rings. The molecule has 0 radical (unpaired) electrons. The van der Waals surface area contributed by atoms with Gasteiger partial charge in [0.2, 0.25) is 11.8 Å². The van der Waals surface area contributed by atoms with Gasteiger partial charge in [-0.2, -0.15) is 0 Å². The number of likely N-dealkylation sites (tertiary alicyclic amines) is 1. The second-order valence-corrected chi connectivity index (χ2v) is 7.90. The van der Waals surface area contributed by atoms with Crippen LogP contribution < -0.4 is 21.7 Å². The number of aliphatic hydroxyl groups is 2. The summed E-state index contributed by atoms with van der Waals surface area (Å²) in [4.78, 5) is 38.5. The highest BCUT2D eigenvalue weighted by molar-refractivity contribution is 5.91. The Balaban J connectivity index is 1.88. The lowest BCUT2D eigenvalue weighted by atomic mass is 10.0. The Hall–Kier alpha value is -3.38. The van der Waals surface area contributed by atoms with Gasteiger partial charge in [-0.15, -0.1) is 0 Å². The summed E-state index contributed by atoms with van der Waals surface area (Å²) in [6, 6.07) is 5.89. The molecule has 0 aliphatic carbocycles. The summed E-state index contributed by atoms with van der Waals surface area (Å²) in [6.07, 6.45) is -2.22. The number of guanidine groups is 1. The zero-order chi connectivity index (χ0) is 24.5. The van der Waals surface area contributed by atoms with E-state index in [-0.39, 0.29) is 12.6 Å². The molecule has 0 aromatic heterocycles. The molecule has 33 heavy (non-hydrogen) atoms. The van der Waals surface area contributed by atoms with Crippen LogP contribution in [0, 0.1) is 5.41 Å². The highest BCUT2D eigenvalue weighted by Crippen LogP contribution is 2.15. The maximum Gasteiger partial charge on any atom is 0.408 e. The van der Waals surface area contributed by atoms with Crippen molar-refractivity contribution in [2.75, 3.05) is 6.54 Å². The van der Waals surface area contributed by atoms with Gasteiger partial charge in [-0.05, 0) is 32.3 Å². The smallest absolute Gasteiger partial charge is 0.408 e. The van der Waals surface area contributed by atoms with E-state index in [0.717, 1.165) is 5.56 Å². The van der Waals surface area contributed by atoms with E-state index in [2.05, 4.69) is 16.0 Å². The molecule has 5 atom stereocenters. The van der Waals surface area contributed by atoms with Gasteiger partial charge in [-0.25, -0.2) is 4.79 Å². The van der Waals surface area contributed by atoms with Crippen LogP contribution in [0.4, 0.5) is 4.79 Å². The van der Waals surface area contributed by atoms with Gasteiger partial charge in [0.1, 0.15) is 24.9 Å². The van der Waals surface area contributed by atoms with E-state index in [1.165, 1.54) is 18.7 Å². The van der Waals surface area contributed by atoms with Gasteiger partial charge in [0, 0.05) is 6.54 Å². The van der Waals surface area contributed by atoms with Crippen LogP contribution in [0.15, 0.2) is 30.3 Å². The van der Waals surface area contributed by atoms with Crippen LogP contribution in [0.25, 0.3) is 0 Å². The van der Waals surface area contributed by atoms with Crippen molar-refractivity contribution in [3.8, 4) is 0 Å². The predicted molar refractivity (Wildman–Crippen MR) is 119 cm³/mol. The SMILES string of the molecule is C[C@H](NC(=O)[C@H](NC(=O)OCc1ccccc1)[C@H](C)O)C(=O)N[C@H]1CCCN(C(=N)N)C1O. The zero-order valence-electron chi connectivity index (χ0n) is 18.7. The van der Waals surface area contributed by atoms with Crippen LogP contribution >= 0.6 is 0 Å². The van der Waals surface area contributed by atoms with Gasteiger partial charge >= 0.3 is 6.09 Å². The fraction of sp³-hybridized carbons (Fsp3) is 0.524. The number of carbonyl (C=O) groups excluding carboxylic acids is 3. The number of nitrogens with zero attached hydrogens (tertiary/aromatic N) is 1. The van der Waals surface area contributed by atoms with Gasteiger partial charge in [0.15, 0.2) is 5.96 Å². The number of nitrogens with one attached hydrogen (secondary N) is 4. The number of ether oxygens (including phenoxy) is 1. The Kier molecular flexibility index (Phi) is 9.43. The quantitative estimate of drug-likeness (QED) is 0.187. The molecule has 1 unspecified atom stereocenters. The molecule has 12 nitrogen and oxygen atoms in total. The number of hydrogen-bond acceptors (Lipinski definition) is 7. The minimum Gasteiger partial charge on any atom is -0.445 e. The van der Waals surface area contributed by atoms with Crippen molar-refractivity contribution in [1.29, 1.82) is 5.41 Å². The molecule has 12 heteroatoms. The first-order valence-electron chi connectivity index (χ1n) is 10.6. The third-order valence-corrected chi connectivity index (χ3v) is 5.23. The fourth-order valence-electron chi connectivity index (χ4n) is 3.36. The van der Waals surface area contributed by atoms with Gasteiger partial charge in [-0.3, -0.25) is 15.0 Å². The van der Waals surface area contributed by atoms with E-state index in [1.807, 2.05) is 6.07 Å². The van der Waals surface area contributed by atoms with Crippen LogP contribution in [-0.4, -0.2) is 76.0 Å². The maximum atomic E-state index is 12.6. The minimum absolute atomic E-state index is 0.0133. The average molecular weight is 465 g/mol. The molecule has 1 fully saturated rings. The fourth-order valence-corrected chi connectivity index (χ4v) is 3.36. The van der Waals surface area contributed by atoms with E-state index in [1.54, 1.807) is 24.3 Å². The average Bonchev–Trinajstić information content (AvgIpc) is 2.77. The van der Waals surface area contributed by atoms with E-state index in [4.69, 9.17) is 15.9 Å². The summed E-state index contributed by atoms with van der Waals surface area (Å²) >= 11 is 0. The molecule has 3 amide bonds. The van der Waals surface area contributed by atoms with Crippen LogP contribution in [-0.2, 0) is 20.9 Å². The third kappa shape index (κ3) is 7.61. The number of nitrogens with two attached hydrogens (primary N) is 1. The van der Waals surface area contributed by atoms with Gasteiger partial charge in [0.25, 0.3) is 0 Å². The first kappa shape index (κ1) is 25.9. The molecule has 1 heterocycles. The summed E-state index contributed by atoms with van der Waals surface area (Å²) in [5, 5.41) is 35.1. The van der Waals surface area contributed by atoms with Crippen molar-refractivity contribution < 1.29 is 29.3 Å². The molecule has 0 spiro atoms. The van der Waals surface area contributed by atoms with Gasteiger partial charge < -0.3 is 41.5 Å². The predicted octanol–water partition coefficient (Wildman–Crippen LogP) is -1.04.